The Morgan fingerprint density at radius 1 is 1.00 bits per heavy atom. The van der Waals surface area contributed by atoms with Crippen LogP contribution in [0.3, 0.4) is 0 Å². The second-order valence-corrected chi connectivity index (χ2v) is 6.52. The first-order chi connectivity index (χ1) is 10.9. The predicted octanol–water partition coefficient (Wildman–Crippen LogP) is 4.12. The first-order valence-electron chi connectivity index (χ1n) is 8.64. The van der Waals surface area contributed by atoms with Gasteiger partial charge in [0, 0.05) is 18.5 Å². The highest BCUT2D eigenvalue weighted by Gasteiger charge is 2.21. The highest BCUT2D eigenvalue weighted by molar-refractivity contribution is 5.84. The minimum Gasteiger partial charge on any atom is -0.378 e. The van der Waals surface area contributed by atoms with Gasteiger partial charge in [0.15, 0.2) is 0 Å². The fraction of sp³-hybridized carbons (Fsp3) is 0.526. The van der Waals surface area contributed by atoms with Gasteiger partial charge in [-0.05, 0) is 36.5 Å². The van der Waals surface area contributed by atoms with E-state index in [-0.39, 0.29) is 0 Å². The van der Waals surface area contributed by atoms with Gasteiger partial charge >= 0.3 is 0 Å². The summed E-state index contributed by atoms with van der Waals surface area (Å²) in [4.78, 5) is 7.30. The lowest BCUT2D eigenvalue weighted by atomic mass is 9.82. The molecule has 1 saturated heterocycles. The molecule has 0 radical (unpaired) electrons. The number of pyridine rings is 1. The number of benzene rings is 1. The molecular formula is C19H24N2O. The van der Waals surface area contributed by atoms with Crippen molar-refractivity contribution < 1.29 is 4.74 Å². The van der Waals surface area contributed by atoms with Crippen molar-refractivity contribution in [1.82, 2.24) is 4.98 Å². The van der Waals surface area contributed by atoms with Crippen molar-refractivity contribution in [3.8, 4) is 0 Å². The fourth-order valence-corrected chi connectivity index (χ4v) is 3.89. The maximum Gasteiger partial charge on any atom is 0.129 e. The molecule has 1 aromatic carbocycles. The predicted molar refractivity (Wildman–Crippen MR) is 90.6 cm³/mol. The van der Waals surface area contributed by atoms with Crippen LogP contribution in [0.5, 0.6) is 0 Å². The van der Waals surface area contributed by atoms with Crippen molar-refractivity contribution in [2.24, 2.45) is 0 Å². The van der Waals surface area contributed by atoms with E-state index in [1.54, 1.807) is 0 Å². The van der Waals surface area contributed by atoms with Gasteiger partial charge < -0.3 is 9.64 Å². The largest absolute Gasteiger partial charge is 0.378 e. The highest BCUT2D eigenvalue weighted by Crippen LogP contribution is 2.37. The van der Waals surface area contributed by atoms with Crippen LogP contribution in [0.25, 0.3) is 10.9 Å². The third-order valence-electron chi connectivity index (χ3n) is 5.11. The second-order valence-electron chi connectivity index (χ2n) is 6.52. The van der Waals surface area contributed by atoms with Crippen LogP contribution < -0.4 is 4.90 Å². The van der Waals surface area contributed by atoms with Crippen LogP contribution in [0, 0.1) is 0 Å². The summed E-state index contributed by atoms with van der Waals surface area (Å²) in [5, 5.41) is 1.35. The van der Waals surface area contributed by atoms with Crippen LogP contribution in [0.1, 0.15) is 43.6 Å². The van der Waals surface area contributed by atoms with Crippen LogP contribution in [0.15, 0.2) is 30.3 Å². The van der Waals surface area contributed by atoms with Gasteiger partial charge in [0.1, 0.15) is 5.82 Å². The number of aromatic nitrogens is 1. The van der Waals surface area contributed by atoms with Gasteiger partial charge in [0.05, 0.1) is 18.7 Å². The summed E-state index contributed by atoms with van der Waals surface area (Å²) in [5.74, 6) is 1.85. The molecule has 2 aliphatic rings. The molecule has 2 heterocycles. The molecule has 0 bridgehead atoms. The van der Waals surface area contributed by atoms with Crippen LogP contribution in [0.4, 0.5) is 5.82 Å². The Labute approximate surface area is 132 Å². The number of ether oxygens (including phenoxy) is 1. The number of nitrogens with zero attached hydrogens (tertiary/aromatic N) is 2. The summed E-state index contributed by atoms with van der Waals surface area (Å²) in [6, 6.07) is 11.0. The van der Waals surface area contributed by atoms with E-state index in [2.05, 4.69) is 35.2 Å². The van der Waals surface area contributed by atoms with E-state index < -0.39 is 0 Å². The zero-order valence-electron chi connectivity index (χ0n) is 13.1. The Kier molecular flexibility index (Phi) is 3.98. The summed E-state index contributed by atoms with van der Waals surface area (Å²) in [6.07, 6.45) is 6.80. The molecule has 2 aromatic rings. The van der Waals surface area contributed by atoms with Gasteiger partial charge in [-0.25, -0.2) is 4.98 Å². The van der Waals surface area contributed by atoms with Gasteiger partial charge in [0.25, 0.3) is 0 Å². The van der Waals surface area contributed by atoms with E-state index in [1.165, 1.54) is 43.1 Å². The lowest BCUT2D eigenvalue weighted by molar-refractivity contribution is 0.122. The lowest BCUT2D eigenvalue weighted by Crippen LogP contribution is -2.36. The molecule has 1 aliphatic heterocycles. The molecule has 4 rings (SSSR count). The van der Waals surface area contributed by atoms with E-state index in [4.69, 9.17) is 9.72 Å². The van der Waals surface area contributed by atoms with Gasteiger partial charge in [-0.15, -0.1) is 0 Å². The second kappa shape index (κ2) is 6.25. The van der Waals surface area contributed by atoms with E-state index >= 15 is 0 Å². The smallest absolute Gasteiger partial charge is 0.129 e. The SMILES string of the molecule is c1ccc2c(C3CCCCC3)cc(N3CCOCC3)nc2c1. The summed E-state index contributed by atoms with van der Waals surface area (Å²) in [6.45, 7) is 3.53. The van der Waals surface area contributed by atoms with Crippen molar-refractivity contribution >= 4 is 16.7 Å². The molecule has 0 atom stereocenters. The fourth-order valence-electron chi connectivity index (χ4n) is 3.89. The average molecular weight is 296 g/mol. The maximum absolute atomic E-state index is 5.49. The molecule has 1 saturated carbocycles. The summed E-state index contributed by atoms with van der Waals surface area (Å²) >= 11 is 0. The zero-order chi connectivity index (χ0) is 14.8. The molecule has 1 aromatic heterocycles. The average Bonchev–Trinajstić information content (AvgIpc) is 2.62. The number of hydrogen-bond acceptors (Lipinski definition) is 3. The standard InChI is InChI=1S/C19H24N2O/c1-2-6-15(7-3-1)17-14-19(21-10-12-22-13-11-21)20-18-9-5-4-8-16(17)18/h4-5,8-9,14-15H,1-3,6-7,10-13H2. The van der Waals surface area contributed by atoms with Crippen LogP contribution in [-0.4, -0.2) is 31.3 Å². The Morgan fingerprint density at radius 2 is 1.77 bits per heavy atom. The monoisotopic (exact) mass is 296 g/mol. The summed E-state index contributed by atoms with van der Waals surface area (Å²) < 4.78 is 5.49. The molecule has 0 unspecified atom stereocenters. The molecule has 3 heteroatoms. The van der Waals surface area contributed by atoms with Crippen LogP contribution in [-0.2, 0) is 4.74 Å². The summed E-state index contributed by atoms with van der Waals surface area (Å²) in [7, 11) is 0. The number of fused-ring (bicyclic) bond motifs is 1. The number of morpholine rings is 1. The molecule has 3 nitrogen and oxygen atoms in total. The van der Waals surface area contributed by atoms with E-state index in [1.807, 2.05) is 0 Å². The first kappa shape index (κ1) is 14.0. The Bertz CT molecular complexity index is 643. The van der Waals surface area contributed by atoms with E-state index in [0.717, 1.165) is 37.6 Å². The highest BCUT2D eigenvalue weighted by atomic mass is 16.5. The quantitative estimate of drug-likeness (QED) is 0.833. The van der Waals surface area contributed by atoms with E-state index in [9.17, 15) is 0 Å². The number of para-hydroxylation sites is 1. The third kappa shape index (κ3) is 2.70. The Balaban J connectivity index is 1.78. The molecule has 0 spiro atoms. The van der Waals surface area contributed by atoms with Crippen LogP contribution >= 0.6 is 0 Å². The minimum atomic E-state index is 0.710. The molecule has 0 amide bonds. The van der Waals surface area contributed by atoms with E-state index in [0.29, 0.717) is 5.92 Å². The maximum atomic E-state index is 5.49. The Morgan fingerprint density at radius 3 is 2.59 bits per heavy atom. The number of hydrogen-bond donors (Lipinski definition) is 0. The topological polar surface area (TPSA) is 25.4 Å². The Hall–Kier alpha value is -1.61. The molecule has 0 N–H and O–H groups in total. The van der Waals surface area contributed by atoms with Crippen molar-refractivity contribution in [2.45, 2.75) is 38.0 Å². The molecule has 22 heavy (non-hydrogen) atoms. The van der Waals surface area contributed by atoms with Crippen molar-refractivity contribution in [1.29, 1.82) is 0 Å². The van der Waals surface area contributed by atoms with Crippen molar-refractivity contribution in [3.05, 3.63) is 35.9 Å². The third-order valence-corrected chi connectivity index (χ3v) is 5.11. The van der Waals surface area contributed by atoms with Gasteiger partial charge in [-0.1, -0.05) is 37.5 Å². The van der Waals surface area contributed by atoms with Gasteiger partial charge in [-0.2, -0.15) is 0 Å². The van der Waals surface area contributed by atoms with Gasteiger partial charge in [-0.3, -0.25) is 0 Å². The summed E-state index contributed by atoms with van der Waals surface area (Å²) in [5.41, 5.74) is 2.67. The first-order valence-corrected chi connectivity index (χ1v) is 8.64. The van der Waals surface area contributed by atoms with Crippen LogP contribution in [0.2, 0.25) is 0 Å². The van der Waals surface area contributed by atoms with Crippen molar-refractivity contribution in [2.75, 3.05) is 31.2 Å². The van der Waals surface area contributed by atoms with Gasteiger partial charge in [0.2, 0.25) is 0 Å². The normalized spacial score (nSPS) is 20.5. The number of rotatable bonds is 2. The molecular weight excluding hydrogens is 272 g/mol. The van der Waals surface area contributed by atoms with Crippen molar-refractivity contribution in [3.63, 3.8) is 0 Å². The molecule has 1 aliphatic carbocycles. The minimum absolute atomic E-state index is 0.710. The molecule has 116 valence electrons. The zero-order valence-corrected chi connectivity index (χ0v) is 13.1. The number of anilines is 1. The molecule has 2 fully saturated rings. The lowest BCUT2D eigenvalue weighted by Gasteiger charge is -2.30.